The van der Waals surface area contributed by atoms with E-state index in [2.05, 4.69) is 11.6 Å². The van der Waals surface area contributed by atoms with Crippen LogP contribution in [0.4, 0.5) is 13.2 Å². The number of carbonyl (C=O) groups is 1. The van der Waals surface area contributed by atoms with Crippen molar-refractivity contribution in [3.63, 3.8) is 0 Å². The molecule has 1 aromatic heterocycles. The third-order valence-electron chi connectivity index (χ3n) is 6.54. The zero-order valence-electron chi connectivity index (χ0n) is 22.4. The lowest BCUT2D eigenvalue weighted by Gasteiger charge is -2.32. The number of ether oxygens (including phenoxy) is 1. The van der Waals surface area contributed by atoms with E-state index in [1.54, 1.807) is 26.0 Å². The van der Waals surface area contributed by atoms with Gasteiger partial charge in [0.1, 0.15) is 11.4 Å². The second-order valence-electron chi connectivity index (χ2n) is 10.2. The molecular weight excluding hydrogens is 557 g/mol. The molecule has 4 rings (SSSR count). The number of sulfone groups is 1. The van der Waals surface area contributed by atoms with Crippen LogP contribution in [-0.4, -0.2) is 47.7 Å². The summed E-state index contributed by atoms with van der Waals surface area (Å²) in [6, 6.07) is 9.37. The van der Waals surface area contributed by atoms with Crippen LogP contribution in [0.25, 0.3) is 11.1 Å². The van der Waals surface area contributed by atoms with Crippen LogP contribution in [0.3, 0.4) is 0 Å². The number of pyridine rings is 1. The minimum atomic E-state index is -3.57. The molecule has 2 aromatic carbocycles. The Bertz CT molecular complexity index is 1600. The van der Waals surface area contributed by atoms with Gasteiger partial charge in [-0.25, -0.2) is 21.6 Å². The number of amides is 1. The number of aromatic nitrogens is 1. The molecule has 11 heteroatoms. The number of aliphatic hydroxyl groups is 1. The standard InChI is InChI=1S/C30H29F3N2O5S/c1-4-12-40-28(23-7-5-20(15-25(23)32)21-6-8-24(31)26(33)16-21)29(36)35(22-10-13-41(38,39)18-22)17-19-9-11-34-27(14-19)30(2,3)37/h4-11,13-16,22,28,37H,1,12,17-18H2,2-3H3/t22-,28?/m1/s1. The lowest BCUT2D eigenvalue weighted by Crippen LogP contribution is -2.44. The fourth-order valence-corrected chi connectivity index (χ4v) is 5.72. The van der Waals surface area contributed by atoms with E-state index in [0.29, 0.717) is 11.3 Å². The molecule has 41 heavy (non-hydrogen) atoms. The van der Waals surface area contributed by atoms with Crippen LogP contribution in [0.5, 0.6) is 0 Å². The summed E-state index contributed by atoms with van der Waals surface area (Å²) < 4.78 is 72.9. The third kappa shape index (κ3) is 7.10. The number of hydrogen-bond donors (Lipinski definition) is 1. The van der Waals surface area contributed by atoms with Crippen molar-refractivity contribution in [1.82, 2.24) is 9.88 Å². The molecular formula is C30H29F3N2O5S. The van der Waals surface area contributed by atoms with Crippen molar-refractivity contribution in [2.75, 3.05) is 12.4 Å². The molecule has 1 aliphatic heterocycles. The Morgan fingerprint density at radius 3 is 2.39 bits per heavy atom. The summed E-state index contributed by atoms with van der Waals surface area (Å²) in [6.45, 7) is 6.49. The molecule has 0 bridgehead atoms. The van der Waals surface area contributed by atoms with E-state index >= 15 is 4.39 Å². The summed E-state index contributed by atoms with van der Waals surface area (Å²) in [5.41, 5.74) is -0.0276. The molecule has 1 aliphatic rings. The molecule has 0 radical (unpaired) electrons. The molecule has 0 fully saturated rings. The number of rotatable bonds is 10. The molecule has 1 N–H and O–H groups in total. The first kappa shape index (κ1) is 30.2. The van der Waals surface area contributed by atoms with E-state index in [1.807, 2.05) is 0 Å². The summed E-state index contributed by atoms with van der Waals surface area (Å²) in [7, 11) is -3.57. The number of carbonyl (C=O) groups excluding carboxylic acids is 1. The number of hydrogen-bond acceptors (Lipinski definition) is 6. The number of nitrogens with zero attached hydrogens (tertiary/aromatic N) is 2. The summed E-state index contributed by atoms with van der Waals surface area (Å²) in [5, 5.41) is 11.4. The van der Waals surface area contributed by atoms with Crippen molar-refractivity contribution in [3.8, 4) is 11.1 Å². The largest absolute Gasteiger partial charge is 0.384 e. The maximum atomic E-state index is 15.5. The van der Waals surface area contributed by atoms with Gasteiger partial charge in [-0.1, -0.05) is 24.3 Å². The molecule has 1 unspecified atom stereocenters. The molecule has 7 nitrogen and oxygen atoms in total. The van der Waals surface area contributed by atoms with E-state index in [9.17, 15) is 27.1 Å². The SMILES string of the molecule is C=CCOC(C(=O)N(Cc1ccnc(C(C)(C)O)c1)[C@@H]1C=CS(=O)(=O)C1)c1ccc(-c2ccc(F)c(F)c2)cc1F. The van der Waals surface area contributed by atoms with Gasteiger partial charge in [0.2, 0.25) is 0 Å². The van der Waals surface area contributed by atoms with Crippen molar-refractivity contribution in [3.05, 3.63) is 113 Å². The van der Waals surface area contributed by atoms with Gasteiger partial charge in [-0.3, -0.25) is 9.78 Å². The highest BCUT2D eigenvalue weighted by molar-refractivity contribution is 7.94. The molecule has 2 atom stereocenters. The minimum Gasteiger partial charge on any atom is -0.384 e. The van der Waals surface area contributed by atoms with Crippen molar-refractivity contribution in [2.24, 2.45) is 0 Å². The van der Waals surface area contributed by atoms with Crippen LogP contribution in [0.2, 0.25) is 0 Å². The quantitative estimate of drug-likeness (QED) is 0.337. The van der Waals surface area contributed by atoms with Gasteiger partial charge < -0.3 is 14.7 Å². The molecule has 0 saturated heterocycles. The Hall–Kier alpha value is -3.80. The summed E-state index contributed by atoms with van der Waals surface area (Å²) in [6.07, 6.45) is 2.75. The molecule has 2 heterocycles. The average Bonchev–Trinajstić information content (AvgIpc) is 3.28. The fourth-order valence-electron chi connectivity index (χ4n) is 4.42. The molecule has 216 valence electrons. The van der Waals surface area contributed by atoms with Crippen molar-refractivity contribution in [1.29, 1.82) is 0 Å². The first-order valence-electron chi connectivity index (χ1n) is 12.7. The maximum Gasteiger partial charge on any atom is 0.257 e. The second kappa shape index (κ2) is 12.0. The topological polar surface area (TPSA) is 96.8 Å². The lowest BCUT2D eigenvalue weighted by atomic mass is 9.99. The van der Waals surface area contributed by atoms with Crippen molar-refractivity contribution < 1.29 is 36.2 Å². The Labute approximate surface area is 236 Å². The van der Waals surface area contributed by atoms with E-state index in [-0.39, 0.29) is 35.6 Å². The summed E-state index contributed by atoms with van der Waals surface area (Å²) >= 11 is 0. The van der Waals surface area contributed by atoms with Crippen LogP contribution in [0, 0.1) is 17.5 Å². The minimum absolute atomic E-state index is 0.0858. The van der Waals surface area contributed by atoms with Gasteiger partial charge in [0, 0.05) is 23.7 Å². The van der Waals surface area contributed by atoms with Crippen LogP contribution in [0.1, 0.15) is 36.8 Å². The predicted octanol–water partition coefficient (Wildman–Crippen LogP) is 4.98. The Morgan fingerprint density at radius 1 is 1.12 bits per heavy atom. The average molecular weight is 587 g/mol. The Balaban J connectivity index is 1.73. The van der Waals surface area contributed by atoms with Crippen LogP contribution < -0.4 is 0 Å². The van der Waals surface area contributed by atoms with Gasteiger partial charge in [0.05, 0.1) is 24.1 Å². The van der Waals surface area contributed by atoms with Crippen LogP contribution >= 0.6 is 0 Å². The highest BCUT2D eigenvalue weighted by atomic mass is 32.2. The van der Waals surface area contributed by atoms with Gasteiger partial charge in [0.25, 0.3) is 5.91 Å². The monoisotopic (exact) mass is 586 g/mol. The molecule has 0 saturated carbocycles. The van der Waals surface area contributed by atoms with E-state index in [0.717, 1.165) is 23.6 Å². The Morgan fingerprint density at radius 2 is 1.80 bits per heavy atom. The lowest BCUT2D eigenvalue weighted by molar-refractivity contribution is -0.145. The zero-order chi connectivity index (χ0) is 29.9. The summed E-state index contributed by atoms with van der Waals surface area (Å²) in [4.78, 5) is 19.5. The molecule has 3 aromatic rings. The van der Waals surface area contributed by atoms with Crippen molar-refractivity contribution >= 4 is 15.7 Å². The van der Waals surface area contributed by atoms with E-state index in [1.165, 1.54) is 41.4 Å². The summed E-state index contributed by atoms with van der Waals surface area (Å²) in [5.74, 6) is -4.04. The van der Waals surface area contributed by atoms with Gasteiger partial charge in [-0.05, 0) is 66.9 Å². The van der Waals surface area contributed by atoms with Gasteiger partial charge in [-0.2, -0.15) is 0 Å². The first-order valence-corrected chi connectivity index (χ1v) is 14.4. The van der Waals surface area contributed by atoms with E-state index in [4.69, 9.17) is 4.74 Å². The van der Waals surface area contributed by atoms with Crippen LogP contribution in [-0.2, 0) is 31.5 Å². The molecule has 1 amide bonds. The number of halogens is 3. The normalized spacial score (nSPS) is 16.9. The van der Waals surface area contributed by atoms with Gasteiger partial charge >= 0.3 is 0 Å². The number of benzene rings is 2. The smallest absolute Gasteiger partial charge is 0.257 e. The molecule has 0 aliphatic carbocycles. The highest BCUT2D eigenvalue weighted by Crippen LogP contribution is 2.31. The Kier molecular flexibility index (Phi) is 8.81. The molecule has 0 spiro atoms. The predicted molar refractivity (Wildman–Crippen MR) is 147 cm³/mol. The second-order valence-corrected chi connectivity index (χ2v) is 12.1. The fraction of sp³-hybridized carbons (Fsp3) is 0.267. The first-order chi connectivity index (χ1) is 19.3. The highest BCUT2D eigenvalue weighted by Gasteiger charge is 2.36. The van der Waals surface area contributed by atoms with Gasteiger partial charge in [-0.15, -0.1) is 6.58 Å². The van der Waals surface area contributed by atoms with Crippen molar-refractivity contribution in [2.45, 2.75) is 38.1 Å². The van der Waals surface area contributed by atoms with Gasteiger partial charge in [0.15, 0.2) is 27.6 Å². The van der Waals surface area contributed by atoms with Crippen LogP contribution in [0.15, 0.2) is 78.9 Å². The van der Waals surface area contributed by atoms with E-state index < -0.39 is 50.9 Å². The zero-order valence-corrected chi connectivity index (χ0v) is 23.2. The maximum absolute atomic E-state index is 15.5. The third-order valence-corrected chi connectivity index (χ3v) is 7.92.